The van der Waals surface area contributed by atoms with Crippen LogP contribution in [0.5, 0.6) is 0 Å². The highest BCUT2D eigenvalue weighted by Gasteiger charge is 2.24. The van der Waals surface area contributed by atoms with E-state index in [4.69, 9.17) is 0 Å². The van der Waals surface area contributed by atoms with Gasteiger partial charge in [-0.2, -0.15) is 4.98 Å². The van der Waals surface area contributed by atoms with E-state index in [-0.39, 0.29) is 11.8 Å². The largest absolute Gasteiger partial charge is 0.356 e. The summed E-state index contributed by atoms with van der Waals surface area (Å²) in [5.74, 6) is 2.10. The van der Waals surface area contributed by atoms with Crippen molar-refractivity contribution in [2.75, 3.05) is 36.4 Å². The van der Waals surface area contributed by atoms with Crippen LogP contribution in [-0.2, 0) is 4.79 Å². The van der Waals surface area contributed by atoms with E-state index in [2.05, 4.69) is 25.5 Å². The number of aromatic nitrogens is 2. The highest BCUT2D eigenvalue weighted by Crippen LogP contribution is 2.26. The van der Waals surface area contributed by atoms with Gasteiger partial charge in [0, 0.05) is 43.9 Å². The van der Waals surface area contributed by atoms with Crippen LogP contribution in [0, 0.1) is 12.8 Å². The topological polar surface area (TPSA) is 70.2 Å². The molecular formula is C16H25N5O. The molecule has 0 spiro atoms. The number of rotatable bonds is 6. The van der Waals surface area contributed by atoms with Gasteiger partial charge in [0.2, 0.25) is 11.9 Å². The lowest BCUT2D eigenvalue weighted by Crippen LogP contribution is -2.37. The van der Waals surface area contributed by atoms with Gasteiger partial charge in [-0.25, -0.2) is 4.98 Å². The number of nitrogens with one attached hydrogen (secondary N) is 2. The zero-order valence-electron chi connectivity index (χ0n) is 13.3. The van der Waals surface area contributed by atoms with Crippen LogP contribution in [0.2, 0.25) is 0 Å². The predicted octanol–water partition coefficient (Wildman–Crippen LogP) is 1.71. The minimum absolute atomic E-state index is 0.191. The lowest BCUT2D eigenvalue weighted by Gasteiger charge is -2.24. The van der Waals surface area contributed by atoms with E-state index in [0.717, 1.165) is 37.4 Å². The van der Waals surface area contributed by atoms with Gasteiger partial charge in [0.15, 0.2) is 0 Å². The molecule has 1 aliphatic heterocycles. The Hall–Kier alpha value is -1.85. The molecule has 2 N–H and O–H groups in total. The van der Waals surface area contributed by atoms with Gasteiger partial charge in [0.05, 0.1) is 0 Å². The average molecular weight is 303 g/mol. The van der Waals surface area contributed by atoms with Crippen molar-refractivity contribution >= 4 is 17.7 Å². The smallest absolute Gasteiger partial charge is 0.224 e. The summed E-state index contributed by atoms with van der Waals surface area (Å²) in [4.78, 5) is 23.1. The molecule has 0 atom stereocenters. The van der Waals surface area contributed by atoms with Crippen molar-refractivity contribution in [2.24, 2.45) is 5.92 Å². The lowest BCUT2D eigenvalue weighted by molar-refractivity contribution is -0.127. The highest BCUT2D eigenvalue weighted by atomic mass is 16.1. The second-order valence-electron chi connectivity index (χ2n) is 6.23. The summed E-state index contributed by atoms with van der Waals surface area (Å²) in [5.41, 5.74) is 0.970. The summed E-state index contributed by atoms with van der Waals surface area (Å²) < 4.78 is 0. The van der Waals surface area contributed by atoms with Crippen molar-refractivity contribution in [1.29, 1.82) is 0 Å². The maximum Gasteiger partial charge on any atom is 0.224 e. The number of aryl methyl sites for hydroxylation is 1. The number of hydrogen-bond acceptors (Lipinski definition) is 5. The van der Waals surface area contributed by atoms with Gasteiger partial charge in [-0.1, -0.05) is 6.42 Å². The molecule has 1 aromatic heterocycles. The van der Waals surface area contributed by atoms with Crippen LogP contribution in [0.25, 0.3) is 0 Å². The standard InChI is InChI=1S/C16H25N5O/c1-12-11-14(21-9-2-3-10-21)20-16(19-12)18-8-7-17-15(22)13-5-4-6-13/h11,13H,2-10H2,1H3,(H,17,22)(H,18,19,20). The molecule has 2 heterocycles. The molecule has 3 rings (SSSR count). The fourth-order valence-electron chi connectivity index (χ4n) is 2.91. The molecule has 2 fully saturated rings. The lowest BCUT2D eigenvalue weighted by atomic mass is 9.85. The molecule has 1 aliphatic carbocycles. The second-order valence-corrected chi connectivity index (χ2v) is 6.23. The summed E-state index contributed by atoms with van der Waals surface area (Å²) in [6.07, 6.45) is 5.74. The first kappa shape index (κ1) is 15.1. The normalized spacial score (nSPS) is 18.1. The number of hydrogen-bond donors (Lipinski definition) is 2. The Labute approximate surface area is 131 Å². The highest BCUT2D eigenvalue weighted by molar-refractivity contribution is 5.79. The Morgan fingerprint density at radius 1 is 1.23 bits per heavy atom. The van der Waals surface area contributed by atoms with E-state index < -0.39 is 0 Å². The molecule has 0 unspecified atom stereocenters. The molecule has 6 nitrogen and oxygen atoms in total. The van der Waals surface area contributed by atoms with Gasteiger partial charge in [-0.3, -0.25) is 4.79 Å². The maximum atomic E-state index is 11.7. The van der Waals surface area contributed by atoms with Crippen molar-refractivity contribution in [3.63, 3.8) is 0 Å². The van der Waals surface area contributed by atoms with Crippen molar-refractivity contribution in [2.45, 2.75) is 39.0 Å². The third-order valence-corrected chi connectivity index (χ3v) is 4.45. The van der Waals surface area contributed by atoms with Crippen LogP contribution >= 0.6 is 0 Å². The Morgan fingerprint density at radius 2 is 2.00 bits per heavy atom. The minimum Gasteiger partial charge on any atom is -0.356 e. The van der Waals surface area contributed by atoms with Crippen molar-refractivity contribution in [1.82, 2.24) is 15.3 Å². The van der Waals surface area contributed by atoms with Gasteiger partial charge < -0.3 is 15.5 Å². The van der Waals surface area contributed by atoms with Crippen LogP contribution in [0.15, 0.2) is 6.07 Å². The third-order valence-electron chi connectivity index (χ3n) is 4.45. The summed E-state index contributed by atoms with van der Waals surface area (Å²) in [5, 5.41) is 6.19. The Morgan fingerprint density at radius 3 is 2.68 bits per heavy atom. The first-order chi connectivity index (χ1) is 10.7. The number of carbonyl (C=O) groups excluding carboxylic acids is 1. The summed E-state index contributed by atoms with van der Waals surface area (Å²) >= 11 is 0. The van der Waals surface area contributed by atoms with Crippen LogP contribution in [0.3, 0.4) is 0 Å². The van der Waals surface area contributed by atoms with Crippen molar-refractivity contribution in [3.05, 3.63) is 11.8 Å². The number of carbonyl (C=O) groups is 1. The molecular weight excluding hydrogens is 278 g/mol. The number of anilines is 2. The minimum atomic E-state index is 0.191. The molecule has 1 saturated heterocycles. The second kappa shape index (κ2) is 6.94. The van der Waals surface area contributed by atoms with E-state index >= 15 is 0 Å². The molecule has 1 aromatic rings. The van der Waals surface area contributed by atoms with Gasteiger partial charge in [0.1, 0.15) is 5.82 Å². The van der Waals surface area contributed by atoms with Gasteiger partial charge >= 0.3 is 0 Å². The molecule has 120 valence electrons. The van der Waals surface area contributed by atoms with Gasteiger partial charge in [-0.05, 0) is 32.6 Å². The zero-order chi connectivity index (χ0) is 15.4. The maximum absolute atomic E-state index is 11.7. The Balaban J connectivity index is 1.48. The molecule has 2 aliphatic rings. The Bertz CT molecular complexity index is 523. The molecule has 0 aromatic carbocycles. The zero-order valence-corrected chi connectivity index (χ0v) is 13.3. The van der Waals surface area contributed by atoms with Crippen LogP contribution in [-0.4, -0.2) is 42.1 Å². The van der Waals surface area contributed by atoms with Crippen molar-refractivity contribution < 1.29 is 4.79 Å². The average Bonchev–Trinajstić information content (AvgIpc) is 2.95. The molecule has 6 heteroatoms. The molecule has 0 bridgehead atoms. The van der Waals surface area contributed by atoms with Gasteiger partial charge in [0.25, 0.3) is 0 Å². The van der Waals surface area contributed by atoms with E-state index in [1.165, 1.54) is 19.3 Å². The van der Waals surface area contributed by atoms with E-state index in [0.29, 0.717) is 19.0 Å². The summed E-state index contributed by atoms with van der Waals surface area (Å²) in [6, 6.07) is 2.04. The van der Waals surface area contributed by atoms with Crippen LogP contribution in [0.1, 0.15) is 37.8 Å². The number of amides is 1. The monoisotopic (exact) mass is 303 g/mol. The fraction of sp³-hybridized carbons (Fsp3) is 0.688. The molecule has 0 radical (unpaired) electrons. The first-order valence-electron chi connectivity index (χ1n) is 8.34. The van der Waals surface area contributed by atoms with Crippen molar-refractivity contribution in [3.8, 4) is 0 Å². The fourth-order valence-corrected chi connectivity index (χ4v) is 2.91. The quantitative estimate of drug-likeness (QED) is 0.783. The van der Waals surface area contributed by atoms with Gasteiger partial charge in [-0.15, -0.1) is 0 Å². The molecule has 1 amide bonds. The summed E-state index contributed by atoms with van der Waals surface area (Å²) in [7, 11) is 0. The first-order valence-corrected chi connectivity index (χ1v) is 8.34. The van der Waals surface area contributed by atoms with E-state index in [1.54, 1.807) is 0 Å². The predicted molar refractivity (Wildman–Crippen MR) is 87.1 cm³/mol. The van der Waals surface area contributed by atoms with E-state index in [1.807, 2.05) is 13.0 Å². The van der Waals surface area contributed by atoms with E-state index in [9.17, 15) is 4.79 Å². The Kier molecular flexibility index (Phi) is 4.75. The third kappa shape index (κ3) is 3.67. The summed E-state index contributed by atoms with van der Waals surface area (Å²) in [6.45, 7) is 5.42. The SMILES string of the molecule is Cc1cc(N2CCCC2)nc(NCCNC(=O)C2CCC2)n1. The van der Waals surface area contributed by atoms with Crippen LogP contribution in [0.4, 0.5) is 11.8 Å². The molecule has 22 heavy (non-hydrogen) atoms. The molecule has 1 saturated carbocycles. The van der Waals surface area contributed by atoms with Crippen LogP contribution < -0.4 is 15.5 Å². The number of nitrogens with zero attached hydrogens (tertiary/aromatic N) is 3.